The van der Waals surface area contributed by atoms with Gasteiger partial charge >= 0.3 is 6.03 Å². The Hall–Kier alpha value is -1.20. The van der Waals surface area contributed by atoms with Crippen molar-refractivity contribution in [3.8, 4) is 0 Å². The van der Waals surface area contributed by atoms with Crippen LogP contribution in [0, 0.1) is 6.92 Å². The number of benzene rings is 1. The second-order valence-electron chi connectivity index (χ2n) is 6.86. The minimum atomic E-state index is -0.397. The van der Waals surface area contributed by atoms with E-state index < -0.39 is 6.10 Å². The number of rotatable bonds is 2. The highest BCUT2D eigenvalue weighted by atomic mass is 32.2. The number of piperidine rings is 1. The van der Waals surface area contributed by atoms with Gasteiger partial charge in [-0.2, -0.15) is 0 Å². The molecule has 1 aliphatic rings. The molecule has 2 amide bonds. The molecule has 1 heterocycles. The SMILES string of the molecule is Cc1cc(SC(C)(C)C)ccc1NC(=O)N1CCC[C@H](O)C1. The minimum Gasteiger partial charge on any atom is -0.391 e. The molecule has 2 rings (SSSR count). The molecule has 0 radical (unpaired) electrons. The Morgan fingerprint density at radius 3 is 2.73 bits per heavy atom. The van der Waals surface area contributed by atoms with Gasteiger partial charge in [-0.25, -0.2) is 4.79 Å². The number of hydrogen-bond acceptors (Lipinski definition) is 3. The van der Waals surface area contributed by atoms with Crippen molar-refractivity contribution in [3.05, 3.63) is 23.8 Å². The highest BCUT2D eigenvalue weighted by Gasteiger charge is 2.22. The lowest BCUT2D eigenvalue weighted by molar-refractivity contribution is 0.0883. The summed E-state index contributed by atoms with van der Waals surface area (Å²) in [5, 5.41) is 12.6. The second-order valence-corrected chi connectivity index (χ2v) is 8.76. The first-order valence-corrected chi connectivity index (χ1v) is 8.60. The molecule has 22 heavy (non-hydrogen) atoms. The Balaban J connectivity index is 2.02. The maximum Gasteiger partial charge on any atom is 0.321 e. The lowest BCUT2D eigenvalue weighted by Gasteiger charge is -2.30. The molecule has 0 aliphatic carbocycles. The summed E-state index contributed by atoms with van der Waals surface area (Å²) >= 11 is 1.81. The van der Waals surface area contributed by atoms with Crippen molar-refractivity contribution < 1.29 is 9.90 Å². The Bertz CT molecular complexity index is 540. The van der Waals surface area contributed by atoms with Gasteiger partial charge in [-0.05, 0) is 43.5 Å². The van der Waals surface area contributed by atoms with Crippen LogP contribution in [0.25, 0.3) is 0 Å². The van der Waals surface area contributed by atoms with Gasteiger partial charge in [-0.1, -0.05) is 20.8 Å². The Kier molecular flexibility index (Phi) is 5.40. The third kappa shape index (κ3) is 4.92. The van der Waals surface area contributed by atoms with Crippen molar-refractivity contribution in [1.29, 1.82) is 0 Å². The molecule has 2 N–H and O–H groups in total. The summed E-state index contributed by atoms with van der Waals surface area (Å²) in [5.74, 6) is 0. The number of nitrogens with one attached hydrogen (secondary N) is 1. The second kappa shape index (κ2) is 6.92. The largest absolute Gasteiger partial charge is 0.391 e. The molecule has 0 unspecified atom stereocenters. The Labute approximate surface area is 137 Å². The molecule has 1 aliphatic heterocycles. The van der Waals surface area contributed by atoms with Crippen LogP contribution in [-0.4, -0.2) is 40.0 Å². The normalized spacial score (nSPS) is 19.1. The quantitative estimate of drug-likeness (QED) is 0.813. The van der Waals surface area contributed by atoms with Crippen LogP contribution in [0.5, 0.6) is 0 Å². The summed E-state index contributed by atoms with van der Waals surface area (Å²) in [7, 11) is 0. The number of β-amino-alcohol motifs (C(OH)–C–C–N with tert-alkyl or cyclic N) is 1. The van der Waals surface area contributed by atoms with Crippen molar-refractivity contribution in [1.82, 2.24) is 4.90 Å². The smallest absolute Gasteiger partial charge is 0.321 e. The maximum atomic E-state index is 12.3. The van der Waals surface area contributed by atoms with Gasteiger partial charge in [0, 0.05) is 28.4 Å². The Morgan fingerprint density at radius 1 is 1.41 bits per heavy atom. The minimum absolute atomic E-state index is 0.127. The molecule has 1 fully saturated rings. The summed E-state index contributed by atoms with van der Waals surface area (Å²) < 4.78 is 0.168. The summed E-state index contributed by atoms with van der Waals surface area (Å²) in [6, 6.07) is 5.99. The number of amides is 2. The van der Waals surface area contributed by atoms with Gasteiger partial charge in [0.1, 0.15) is 0 Å². The predicted molar refractivity (Wildman–Crippen MR) is 92.6 cm³/mol. The number of aryl methyl sites for hydroxylation is 1. The van der Waals surface area contributed by atoms with E-state index in [0.29, 0.717) is 13.1 Å². The molecule has 122 valence electrons. The van der Waals surface area contributed by atoms with Crippen LogP contribution < -0.4 is 5.32 Å². The first kappa shape index (κ1) is 17.2. The van der Waals surface area contributed by atoms with Crippen LogP contribution in [0.2, 0.25) is 0 Å². The van der Waals surface area contributed by atoms with E-state index >= 15 is 0 Å². The number of likely N-dealkylation sites (tertiary alicyclic amines) is 1. The average Bonchev–Trinajstić information content (AvgIpc) is 2.40. The van der Waals surface area contributed by atoms with E-state index in [2.05, 4.69) is 32.2 Å². The molecule has 1 aromatic carbocycles. The lowest BCUT2D eigenvalue weighted by Crippen LogP contribution is -2.44. The van der Waals surface area contributed by atoms with Gasteiger partial charge in [-0.15, -0.1) is 11.8 Å². The molecule has 1 saturated heterocycles. The van der Waals surface area contributed by atoms with E-state index in [0.717, 1.165) is 24.1 Å². The van der Waals surface area contributed by atoms with Crippen LogP contribution in [0.15, 0.2) is 23.1 Å². The van der Waals surface area contributed by atoms with E-state index in [4.69, 9.17) is 0 Å². The summed E-state index contributed by atoms with van der Waals surface area (Å²) in [6.45, 7) is 9.69. The van der Waals surface area contributed by atoms with Crippen LogP contribution in [0.3, 0.4) is 0 Å². The van der Waals surface area contributed by atoms with E-state index in [9.17, 15) is 9.90 Å². The molecule has 0 bridgehead atoms. The molecule has 0 aromatic heterocycles. The van der Waals surface area contributed by atoms with E-state index in [1.807, 2.05) is 30.8 Å². The molecular weight excluding hydrogens is 296 g/mol. The number of hydrogen-bond donors (Lipinski definition) is 2. The van der Waals surface area contributed by atoms with Gasteiger partial charge in [0.05, 0.1) is 6.10 Å². The van der Waals surface area contributed by atoms with E-state index in [1.54, 1.807) is 4.90 Å². The molecular formula is C17H26N2O2S. The zero-order valence-corrected chi connectivity index (χ0v) is 14.7. The maximum absolute atomic E-state index is 12.3. The van der Waals surface area contributed by atoms with Crippen molar-refractivity contribution in [3.63, 3.8) is 0 Å². The van der Waals surface area contributed by atoms with Crippen LogP contribution >= 0.6 is 11.8 Å². The van der Waals surface area contributed by atoms with Crippen LogP contribution in [0.1, 0.15) is 39.2 Å². The number of urea groups is 1. The van der Waals surface area contributed by atoms with Gasteiger partial charge in [0.15, 0.2) is 0 Å². The van der Waals surface area contributed by atoms with Gasteiger partial charge in [0.25, 0.3) is 0 Å². The van der Waals surface area contributed by atoms with Crippen molar-refractivity contribution >= 4 is 23.5 Å². The third-order valence-electron chi connectivity index (χ3n) is 3.55. The van der Waals surface area contributed by atoms with Gasteiger partial charge < -0.3 is 15.3 Å². The molecule has 0 spiro atoms. The molecule has 0 saturated carbocycles. The first-order valence-electron chi connectivity index (χ1n) is 7.78. The van der Waals surface area contributed by atoms with Crippen molar-refractivity contribution in [2.45, 2.75) is 56.3 Å². The zero-order valence-electron chi connectivity index (χ0n) is 13.8. The fourth-order valence-electron chi connectivity index (χ4n) is 2.53. The number of nitrogens with zero attached hydrogens (tertiary/aromatic N) is 1. The number of carbonyl (C=O) groups excluding carboxylic acids is 1. The molecule has 1 aromatic rings. The van der Waals surface area contributed by atoms with Gasteiger partial charge in [0.2, 0.25) is 0 Å². The number of thioether (sulfide) groups is 1. The topological polar surface area (TPSA) is 52.6 Å². The third-order valence-corrected chi connectivity index (χ3v) is 4.65. The number of aliphatic hydroxyl groups is 1. The summed E-state index contributed by atoms with van der Waals surface area (Å²) in [5.41, 5.74) is 1.89. The van der Waals surface area contributed by atoms with Crippen molar-refractivity contribution in [2.24, 2.45) is 0 Å². The summed E-state index contributed by atoms with van der Waals surface area (Å²) in [6.07, 6.45) is 1.24. The molecule has 4 nitrogen and oxygen atoms in total. The fraction of sp³-hybridized carbons (Fsp3) is 0.588. The molecule has 1 atom stereocenters. The number of aliphatic hydroxyl groups excluding tert-OH is 1. The number of carbonyl (C=O) groups is 1. The first-order chi connectivity index (χ1) is 10.2. The highest BCUT2D eigenvalue weighted by Crippen LogP contribution is 2.33. The van der Waals surface area contributed by atoms with Crippen LogP contribution in [-0.2, 0) is 0 Å². The highest BCUT2D eigenvalue weighted by molar-refractivity contribution is 8.00. The van der Waals surface area contributed by atoms with E-state index in [-0.39, 0.29) is 10.8 Å². The van der Waals surface area contributed by atoms with Crippen LogP contribution in [0.4, 0.5) is 10.5 Å². The standard InChI is InChI=1S/C17H26N2O2S/c1-12-10-14(22-17(2,3)4)7-8-15(12)18-16(21)19-9-5-6-13(20)11-19/h7-8,10,13,20H,5-6,9,11H2,1-4H3,(H,18,21)/t13-/m0/s1. The predicted octanol–water partition coefficient (Wildman–Crippen LogP) is 3.87. The van der Waals surface area contributed by atoms with E-state index in [1.165, 1.54) is 4.90 Å². The average molecular weight is 322 g/mol. The molecule has 5 heteroatoms. The summed E-state index contributed by atoms with van der Waals surface area (Å²) in [4.78, 5) is 15.2. The fourth-order valence-corrected chi connectivity index (χ4v) is 3.61. The zero-order chi connectivity index (χ0) is 16.3. The van der Waals surface area contributed by atoms with Crippen molar-refractivity contribution in [2.75, 3.05) is 18.4 Å². The van der Waals surface area contributed by atoms with Gasteiger partial charge in [-0.3, -0.25) is 0 Å². The Morgan fingerprint density at radius 2 is 2.14 bits per heavy atom. The lowest BCUT2D eigenvalue weighted by atomic mass is 10.1. The monoisotopic (exact) mass is 322 g/mol. The number of anilines is 1.